The molecule has 1 aromatic carbocycles. The largest absolute Gasteiger partial charge is 0.494 e. The van der Waals surface area contributed by atoms with Crippen molar-refractivity contribution in [3.05, 3.63) is 94.4 Å². The maximum absolute atomic E-state index is 12.7. The number of nitrogens with one attached hydrogen (secondary N) is 2. The summed E-state index contributed by atoms with van der Waals surface area (Å²) in [6.45, 7) is 3.74. The van der Waals surface area contributed by atoms with Crippen LogP contribution >= 0.6 is 12.4 Å². The van der Waals surface area contributed by atoms with Gasteiger partial charge in [-0.2, -0.15) is 0 Å². The molecule has 30 heavy (non-hydrogen) atoms. The molecule has 2 N–H and O–H groups in total. The summed E-state index contributed by atoms with van der Waals surface area (Å²) in [5.74, 6) is 0.782. The number of benzene rings is 1. The Labute approximate surface area is 180 Å². The Morgan fingerprint density at radius 3 is 2.53 bits per heavy atom. The molecule has 2 aromatic heterocycles. The molecule has 3 heterocycles. The fraction of sp³-hybridized carbons (Fsp3) is 0.130. The zero-order valence-corrected chi connectivity index (χ0v) is 17.7. The van der Waals surface area contributed by atoms with Crippen LogP contribution in [0.3, 0.4) is 0 Å². The lowest BCUT2D eigenvalue weighted by atomic mass is 10.1. The summed E-state index contributed by atoms with van der Waals surface area (Å²) < 4.78 is 11.0. The first kappa shape index (κ1) is 21.2. The Kier molecular flexibility index (Phi) is 6.28. The lowest BCUT2D eigenvalue weighted by Gasteiger charge is -2.05. The van der Waals surface area contributed by atoms with Crippen molar-refractivity contribution in [3.63, 3.8) is 0 Å². The highest BCUT2D eigenvalue weighted by atomic mass is 35.5. The first-order valence-corrected chi connectivity index (χ1v) is 9.23. The Balaban J connectivity index is 0.00000256. The van der Waals surface area contributed by atoms with Gasteiger partial charge < -0.3 is 19.4 Å². The minimum Gasteiger partial charge on any atom is -0.494 e. The van der Waals surface area contributed by atoms with Crippen LogP contribution in [0.15, 0.2) is 71.2 Å². The number of esters is 1. The number of hydrogen-bond acceptors (Lipinski definition) is 4. The molecule has 0 radical (unpaired) electrons. The van der Waals surface area contributed by atoms with Gasteiger partial charge in [0.1, 0.15) is 17.2 Å². The fourth-order valence-corrected chi connectivity index (χ4v) is 3.32. The number of aromatic nitrogens is 2. The monoisotopic (exact) mass is 423 g/mol. The smallest absolute Gasteiger partial charge is 0.345 e. The lowest BCUT2D eigenvalue weighted by Crippen LogP contribution is -2.10. The van der Waals surface area contributed by atoms with Crippen LogP contribution in [0.5, 0.6) is 5.75 Å². The summed E-state index contributed by atoms with van der Waals surface area (Å²) in [5, 5.41) is 0. The third-order valence-electron chi connectivity index (χ3n) is 4.77. The van der Waals surface area contributed by atoms with E-state index in [1.54, 1.807) is 19.2 Å². The van der Waals surface area contributed by atoms with Gasteiger partial charge in [-0.25, -0.2) is 9.79 Å². The predicted octanol–water partition coefficient (Wildman–Crippen LogP) is 4.97. The molecule has 154 valence electrons. The normalized spacial score (nSPS) is 14.2. The van der Waals surface area contributed by atoms with E-state index in [2.05, 4.69) is 15.0 Å². The number of aliphatic imine (C=N–C) groups is 1. The van der Waals surface area contributed by atoms with Crippen LogP contribution in [-0.4, -0.2) is 28.8 Å². The number of allylic oxidation sites excluding steroid dienone is 1. The molecule has 0 bridgehead atoms. The lowest BCUT2D eigenvalue weighted by molar-refractivity contribution is 0.0733. The predicted molar refractivity (Wildman–Crippen MR) is 119 cm³/mol. The van der Waals surface area contributed by atoms with Crippen molar-refractivity contribution in [3.8, 4) is 5.75 Å². The Morgan fingerprint density at radius 2 is 1.87 bits per heavy atom. The highest BCUT2D eigenvalue weighted by Gasteiger charge is 2.22. The molecule has 0 spiro atoms. The quantitative estimate of drug-likeness (QED) is 0.449. The van der Waals surface area contributed by atoms with Crippen LogP contribution in [0.25, 0.3) is 6.08 Å². The minimum absolute atomic E-state index is 0. The topological polar surface area (TPSA) is 79.5 Å². The van der Waals surface area contributed by atoms with E-state index in [0.717, 1.165) is 28.4 Å². The van der Waals surface area contributed by atoms with Gasteiger partial charge in [0, 0.05) is 23.7 Å². The number of para-hydroxylation sites is 1. The van der Waals surface area contributed by atoms with Crippen LogP contribution in [0.2, 0.25) is 0 Å². The van der Waals surface area contributed by atoms with Crippen molar-refractivity contribution in [1.82, 2.24) is 9.97 Å². The molecule has 0 saturated carbocycles. The van der Waals surface area contributed by atoms with Gasteiger partial charge in [-0.3, -0.25) is 0 Å². The van der Waals surface area contributed by atoms with E-state index in [0.29, 0.717) is 22.8 Å². The van der Waals surface area contributed by atoms with Gasteiger partial charge in [0.15, 0.2) is 0 Å². The second-order valence-corrected chi connectivity index (χ2v) is 6.69. The van der Waals surface area contributed by atoms with Gasteiger partial charge >= 0.3 is 5.97 Å². The third-order valence-corrected chi connectivity index (χ3v) is 4.77. The molecule has 1 aliphatic rings. The summed E-state index contributed by atoms with van der Waals surface area (Å²) in [7, 11) is 1.61. The van der Waals surface area contributed by atoms with Crippen LogP contribution in [-0.2, 0) is 4.74 Å². The number of ether oxygens (including phenoxy) is 2. The van der Waals surface area contributed by atoms with Gasteiger partial charge in [-0.1, -0.05) is 18.2 Å². The first-order chi connectivity index (χ1) is 14.1. The van der Waals surface area contributed by atoms with Crippen molar-refractivity contribution in [2.24, 2.45) is 4.99 Å². The molecule has 1 aliphatic heterocycles. The van der Waals surface area contributed by atoms with E-state index < -0.39 is 5.97 Å². The molecular weight excluding hydrogens is 402 g/mol. The highest BCUT2D eigenvalue weighted by molar-refractivity contribution is 6.11. The molecule has 0 amide bonds. The summed E-state index contributed by atoms with van der Waals surface area (Å²) in [6.07, 6.45) is 5.61. The Hall–Kier alpha value is -3.51. The maximum Gasteiger partial charge on any atom is 0.345 e. The van der Waals surface area contributed by atoms with E-state index in [4.69, 9.17) is 9.47 Å². The molecule has 0 unspecified atom stereocenters. The molecule has 0 aliphatic carbocycles. The zero-order valence-electron chi connectivity index (χ0n) is 16.9. The molecule has 4 rings (SSSR count). The number of aromatic amines is 2. The number of aryl methyl sites for hydroxylation is 1. The second kappa shape index (κ2) is 8.88. The van der Waals surface area contributed by atoms with E-state index >= 15 is 0 Å². The molecule has 0 fully saturated rings. The first-order valence-electron chi connectivity index (χ1n) is 9.23. The van der Waals surface area contributed by atoms with Crippen LogP contribution in [0, 0.1) is 13.8 Å². The van der Waals surface area contributed by atoms with E-state index in [1.807, 2.05) is 62.5 Å². The SMILES string of the molecule is COC1=CC(c2ccc[nH]2)=N/C1=C\c1[nH]c(C)c(C(=O)Oc2ccccc2)c1C.Cl. The van der Waals surface area contributed by atoms with E-state index in [1.165, 1.54) is 0 Å². The molecule has 0 atom stereocenters. The summed E-state index contributed by atoms with van der Waals surface area (Å²) >= 11 is 0. The second-order valence-electron chi connectivity index (χ2n) is 6.69. The Morgan fingerprint density at radius 1 is 1.10 bits per heavy atom. The van der Waals surface area contributed by atoms with Crippen LogP contribution in [0.4, 0.5) is 0 Å². The molecule has 7 heteroatoms. The summed E-state index contributed by atoms with van der Waals surface area (Å²) in [6, 6.07) is 12.9. The number of carbonyl (C=O) groups is 1. The van der Waals surface area contributed by atoms with Gasteiger partial charge in [-0.15, -0.1) is 12.4 Å². The summed E-state index contributed by atoms with van der Waals surface area (Å²) in [4.78, 5) is 23.8. The maximum atomic E-state index is 12.7. The number of H-pyrrole nitrogens is 2. The van der Waals surface area contributed by atoms with Gasteiger partial charge in [-0.05, 0) is 49.8 Å². The van der Waals surface area contributed by atoms with Gasteiger partial charge in [0.25, 0.3) is 0 Å². The average Bonchev–Trinajstić information content (AvgIpc) is 3.43. The molecule has 3 aromatic rings. The average molecular weight is 424 g/mol. The fourth-order valence-electron chi connectivity index (χ4n) is 3.32. The van der Waals surface area contributed by atoms with Crippen molar-refractivity contribution in [1.29, 1.82) is 0 Å². The van der Waals surface area contributed by atoms with Gasteiger partial charge in [0.2, 0.25) is 0 Å². The Bertz CT molecular complexity index is 1140. The van der Waals surface area contributed by atoms with Crippen LogP contribution in [0.1, 0.15) is 33.0 Å². The molecular formula is C23H22ClN3O3. The van der Waals surface area contributed by atoms with Crippen molar-refractivity contribution >= 4 is 30.2 Å². The minimum atomic E-state index is -0.392. The molecule has 6 nitrogen and oxygen atoms in total. The molecule has 0 saturated heterocycles. The number of hydrogen-bond donors (Lipinski definition) is 2. The van der Waals surface area contributed by atoms with Gasteiger partial charge in [0.05, 0.1) is 24.1 Å². The summed E-state index contributed by atoms with van der Waals surface area (Å²) in [5.41, 5.74) is 5.24. The highest BCUT2D eigenvalue weighted by Crippen LogP contribution is 2.28. The number of nitrogens with zero attached hydrogens (tertiary/aromatic N) is 1. The standard InChI is InChI=1S/C23H21N3O3.ClH/c1-14-18(12-20-21(28-3)13-19(26-20)17-10-7-11-24-17)25-15(2)22(14)23(27)29-16-8-5-4-6-9-16;/h4-13,24-25H,1-3H3;1H/b20-12-;. The zero-order chi connectivity index (χ0) is 20.4. The number of methoxy groups -OCH3 is 1. The van der Waals surface area contributed by atoms with Crippen molar-refractivity contribution in [2.45, 2.75) is 13.8 Å². The van der Waals surface area contributed by atoms with E-state index in [9.17, 15) is 4.79 Å². The number of carbonyl (C=O) groups excluding carboxylic acids is 1. The van der Waals surface area contributed by atoms with E-state index in [-0.39, 0.29) is 12.4 Å². The third kappa shape index (κ3) is 4.09. The van der Waals surface area contributed by atoms with Crippen molar-refractivity contribution in [2.75, 3.05) is 7.11 Å². The number of rotatable bonds is 5. The van der Waals surface area contributed by atoms with Crippen LogP contribution < -0.4 is 4.74 Å². The van der Waals surface area contributed by atoms with Crippen molar-refractivity contribution < 1.29 is 14.3 Å². The number of halogens is 1.